The van der Waals surface area contributed by atoms with Crippen molar-refractivity contribution in [2.45, 2.75) is 19.6 Å². The van der Waals surface area contributed by atoms with E-state index < -0.39 is 6.10 Å². The number of methoxy groups -OCH3 is 1. The smallest absolute Gasteiger partial charge is 0.253 e. The van der Waals surface area contributed by atoms with Crippen molar-refractivity contribution in [2.75, 3.05) is 14.2 Å². The molecule has 1 N–H and O–H groups in total. The summed E-state index contributed by atoms with van der Waals surface area (Å²) in [7, 11) is 3.09. The predicted molar refractivity (Wildman–Crippen MR) is 93.7 cm³/mol. The molecular weight excluding hydrogens is 304 g/mol. The minimum Gasteiger partial charge on any atom is -0.391 e. The Kier molecular flexibility index (Phi) is 6.51. The molecule has 0 fully saturated rings. The van der Waals surface area contributed by atoms with Crippen LogP contribution in [0.3, 0.4) is 0 Å². The van der Waals surface area contributed by atoms with E-state index in [0.717, 1.165) is 22.4 Å². The summed E-state index contributed by atoms with van der Waals surface area (Å²) in [6.45, 7) is 2.15. The number of nitrogens with one attached hydrogen (secondary N) is 1. The van der Waals surface area contributed by atoms with Gasteiger partial charge < -0.3 is 14.9 Å². The van der Waals surface area contributed by atoms with Gasteiger partial charge in [0.1, 0.15) is 6.61 Å². The number of amides is 1. The summed E-state index contributed by atoms with van der Waals surface area (Å²) >= 11 is 0. The van der Waals surface area contributed by atoms with Crippen LogP contribution in [0.4, 0.5) is 0 Å². The van der Waals surface area contributed by atoms with E-state index in [1.165, 1.54) is 7.11 Å². The van der Waals surface area contributed by atoms with E-state index in [1.807, 2.05) is 61.5 Å². The Hall–Kier alpha value is -2.66. The third kappa shape index (κ3) is 4.43. The molecule has 0 saturated carbocycles. The maximum atomic E-state index is 12.0. The van der Waals surface area contributed by atoms with Crippen molar-refractivity contribution in [3.8, 4) is 0 Å². The number of oxime groups is 1. The fourth-order valence-corrected chi connectivity index (χ4v) is 2.36. The van der Waals surface area contributed by atoms with Crippen LogP contribution in [0.15, 0.2) is 59.8 Å². The SMILES string of the molecule is CNC(=O)C(OC)c1ccccc1CO/N=C(\C)c1ccccc1. The molecule has 0 spiro atoms. The van der Waals surface area contributed by atoms with Gasteiger partial charge >= 0.3 is 0 Å². The van der Waals surface area contributed by atoms with Crippen molar-refractivity contribution in [3.05, 3.63) is 71.3 Å². The van der Waals surface area contributed by atoms with Crippen LogP contribution in [-0.2, 0) is 21.0 Å². The second kappa shape index (κ2) is 8.84. The van der Waals surface area contributed by atoms with Crippen LogP contribution in [0.2, 0.25) is 0 Å². The van der Waals surface area contributed by atoms with Gasteiger partial charge in [0.05, 0.1) is 5.71 Å². The molecule has 1 atom stereocenters. The fraction of sp³-hybridized carbons (Fsp3) is 0.263. The zero-order valence-corrected chi connectivity index (χ0v) is 14.2. The number of carbonyl (C=O) groups excluding carboxylic acids is 1. The lowest BCUT2D eigenvalue weighted by atomic mass is 10.0. The molecule has 0 aromatic heterocycles. The van der Waals surface area contributed by atoms with Gasteiger partial charge in [-0.25, -0.2) is 0 Å². The van der Waals surface area contributed by atoms with Gasteiger partial charge in [-0.05, 0) is 23.6 Å². The molecule has 0 aliphatic heterocycles. The van der Waals surface area contributed by atoms with Gasteiger partial charge in [-0.2, -0.15) is 0 Å². The fourth-order valence-electron chi connectivity index (χ4n) is 2.36. The van der Waals surface area contributed by atoms with Crippen molar-refractivity contribution in [1.82, 2.24) is 5.32 Å². The molecule has 0 saturated heterocycles. The first-order valence-corrected chi connectivity index (χ1v) is 7.71. The van der Waals surface area contributed by atoms with E-state index in [1.54, 1.807) is 7.05 Å². The summed E-state index contributed by atoms with van der Waals surface area (Å²) < 4.78 is 5.32. The number of carbonyl (C=O) groups is 1. The number of hydrogen-bond acceptors (Lipinski definition) is 4. The lowest BCUT2D eigenvalue weighted by Crippen LogP contribution is -2.27. The molecule has 0 aliphatic rings. The quantitative estimate of drug-likeness (QED) is 0.628. The van der Waals surface area contributed by atoms with Crippen LogP contribution in [-0.4, -0.2) is 25.8 Å². The Bertz CT molecular complexity index is 699. The molecule has 2 aromatic rings. The van der Waals surface area contributed by atoms with Crippen LogP contribution in [0.25, 0.3) is 0 Å². The molecule has 24 heavy (non-hydrogen) atoms. The van der Waals surface area contributed by atoms with Crippen LogP contribution in [0, 0.1) is 0 Å². The molecule has 126 valence electrons. The van der Waals surface area contributed by atoms with Crippen LogP contribution in [0.5, 0.6) is 0 Å². The molecule has 5 heteroatoms. The van der Waals surface area contributed by atoms with Gasteiger partial charge in [-0.15, -0.1) is 0 Å². The summed E-state index contributed by atoms with van der Waals surface area (Å²) in [6, 6.07) is 17.3. The predicted octanol–water partition coefficient (Wildman–Crippen LogP) is 3.06. The van der Waals surface area contributed by atoms with Crippen LogP contribution >= 0.6 is 0 Å². The maximum absolute atomic E-state index is 12.0. The molecule has 0 heterocycles. The highest BCUT2D eigenvalue weighted by Gasteiger charge is 2.21. The maximum Gasteiger partial charge on any atom is 0.253 e. The highest BCUT2D eigenvalue weighted by Crippen LogP contribution is 2.22. The Morgan fingerprint density at radius 3 is 2.46 bits per heavy atom. The lowest BCUT2D eigenvalue weighted by Gasteiger charge is -2.17. The third-order valence-electron chi connectivity index (χ3n) is 3.67. The molecule has 0 radical (unpaired) electrons. The van der Waals surface area contributed by atoms with Crippen molar-refractivity contribution >= 4 is 11.6 Å². The molecule has 1 unspecified atom stereocenters. The minimum absolute atomic E-state index is 0.200. The van der Waals surface area contributed by atoms with E-state index in [-0.39, 0.29) is 12.5 Å². The van der Waals surface area contributed by atoms with Gasteiger partial charge in [0, 0.05) is 14.2 Å². The molecule has 2 rings (SSSR count). The molecule has 1 amide bonds. The van der Waals surface area contributed by atoms with Crippen molar-refractivity contribution in [1.29, 1.82) is 0 Å². The lowest BCUT2D eigenvalue weighted by molar-refractivity contribution is -0.130. The normalized spacial score (nSPS) is 12.5. The largest absolute Gasteiger partial charge is 0.391 e. The summed E-state index contributed by atoms with van der Waals surface area (Å²) in [4.78, 5) is 17.4. The molecule has 0 aliphatic carbocycles. The van der Waals surface area contributed by atoms with Crippen molar-refractivity contribution in [2.24, 2.45) is 5.16 Å². The highest BCUT2D eigenvalue weighted by atomic mass is 16.6. The molecular formula is C19H22N2O3. The Labute approximate surface area is 142 Å². The van der Waals surface area contributed by atoms with E-state index in [2.05, 4.69) is 10.5 Å². The van der Waals surface area contributed by atoms with Crippen LogP contribution in [0.1, 0.15) is 29.7 Å². The van der Waals surface area contributed by atoms with Gasteiger partial charge in [0.25, 0.3) is 5.91 Å². The van der Waals surface area contributed by atoms with Crippen molar-refractivity contribution in [3.63, 3.8) is 0 Å². The minimum atomic E-state index is -0.672. The number of ether oxygens (including phenoxy) is 1. The number of nitrogens with zero attached hydrogens (tertiary/aromatic N) is 1. The van der Waals surface area contributed by atoms with E-state index in [0.29, 0.717) is 0 Å². The summed E-state index contributed by atoms with van der Waals surface area (Å²) in [5.41, 5.74) is 3.43. The van der Waals surface area contributed by atoms with Gasteiger partial charge in [-0.1, -0.05) is 59.8 Å². The molecule has 5 nitrogen and oxygen atoms in total. The van der Waals surface area contributed by atoms with E-state index >= 15 is 0 Å². The Balaban J connectivity index is 2.12. The standard InChI is InChI=1S/C19H22N2O3/c1-14(15-9-5-4-6-10-15)21-24-13-16-11-7-8-12-17(16)18(23-3)19(22)20-2/h4-12,18H,13H2,1-3H3,(H,20,22)/b21-14+. The Morgan fingerprint density at radius 2 is 1.79 bits per heavy atom. The number of hydrogen-bond donors (Lipinski definition) is 1. The summed E-state index contributed by atoms with van der Waals surface area (Å²) in [5.74, 6) is -0.200. The average molecular weight is 326 g/mol. The first kappa shape index (κ1) is 17.7. The van der Waals surface area contributed by atoms with Crippen LogP contribution < -0.4 is 5.32 Å². The zero-order valence-electron chi connectivity index (χ0n) is 14.2. The van der Waals surface area contributed by atoms with Gasteiger partial charge in [0.15, 0.2) is 6.10 Å². The average Bonchev–Trinajstić information content (AvgIpc) is 2.64. The highest BCUT2D eigenvalue weighted by molar-refractivity contribution is 5.98. The van der Waals surface area contributed by atoms with Crippen molar-refractivity contribution < 1.29 is 14.4 Å². The second-order valence-corrected chi connectivity index (χ2v) is 5.24. The Morgan fingerprint density at radius 1 is 1.12 bits per heavy atom. The summed E-state index contributed by atoms with van der Waals surface area (Å²) in [6.07, 6.45) is -0.672. The first-order valence-electron chi connectivity index (χ1n) is 7.71. The third-order valence-corrected chi connectivity index (χ3v) is 3.67. The van der Waals surface area contributed by atoms with Gasteiger partial charge in [0.2, 0.25) is 0 Å². The number of benzene rings is 2. The topological polar surface area (TPSA) is 59.9 Å². The summed E-state index contributed by atoms with van der Waals surface area (Å²) in [5, 5.41) is 6.76. The monoisotopic (exact) mass is 326 g/mol. The van der Waals surface area contributed by atoms with E-state index in [4.69, 9.17) is 9.57 Å². The molecule has 2 aromatic carbocycles. The second-order valence-electron chi connectivity index (χ2n) is 5.24. The zero-order chi connectivity index (χ0) is 17.4. The van der Waals surface area contributed by atoms with E-state index in [9.17, 15) is 4.79 Å². The number of likely N-dealkylation sites (N-methyl/N-ethyl adjacent to an activating group) is 1. The number of rotatable bonds is 7. The first-order chi connectivity index (χ1) is 11.7. The molecule has 0 bridgehead atoms. The van der Waals surface area contributed by atoms with Gasteiger partial charge in [-0.3, -0.25) is 4.79 Å².